The van der Waals surface area contributed by atoms with Crippen molar-refractivity contribution in [1.82, 2.24) is 5.06 Å². The summed E-state index contributed by atoms with van der Waals surface area (Å²) in [6.45, 7) is 11.0. The third-order valence-corrected chi connectivity index (χ3v) is 11.8. The molecule has 0 radical (unpaired) electrons. The molecular weight excluding hydrogens is 459 g/mol. The van der Waals surface area contributed by atoms with Gasteiger partial charge >= 0.3 is 21.6 Å². The van der Waals surface area contributed by atoms with Gasteiger partial charge in [0.25, 0.3) is 5.91 Å². The van der Waals surface area contributed by atoms with Crippen molar-refractivity contribution in [3.8, 4) is 0 Å². The van der Waals surface area contributed by atoms with E-state index in [-0.39, 0.29) is 35.9 Å². The highest BCUT2D eigenvalue weighted by Crippen LogP contribution is 2.50. The van der Waals surface area contributed by atoms with E-state index < -0.39 is 53.4 Å². The van der Waals surface area contributed by atoms with Crippen LogP contribution in [0.2, 0.25) is 18.1 Å². The van der Waals surface area contributed by atoms with E-state index in [1.807, 2.05) is 33.9 Å². The smallest absolute Gasteiger partial charge is 0.460 e. The third kappa shape index (κ3) is 5.42. The molecule has 2 rings (SSSR count). The Morgan fingerprint density at radius 3 is 2.19 bits per heavy atom. The number of esters is 1. The Labute approximate surface area is 181 Å². The van der Waals surface area contributed by atoms with Gasteiger partial charge in [0.05, 0.1) is 18.1 Å². The highest BCUT2D eigenvalue weighted by Gasteiger charge is 2.58. The molecule has 0 aromatic heterocycles. The number of rotatable bonds is 5. The number of hydrogen-bond donors (Lipinski definition) is 0. The average molecular weight is 490 g/mol. The van der Waals surface area contributed by atoms with Crippen molar-refractivity contribution in [3.05, 3.63) is 0 Å². The molecular formula is C18H30F3NO7SSi. The number of carbonyl (C=O) groups is 2. The van der Waals surface area contributed by atoms with Crippen LogP contribution in [0.5, 0.6) is 0 Å². The van der Waals surface area contributed by atoms with E-state index in [9.17, 15) is 31.2 Å². The van der Waals surface area contributed by atoms with Gasteiger partial charge in [-0.1, -0.05) is 20.8 Å². The Balaban J connectivity index is 2.31. The first-order valence-electron chi connectivity index (χ1n) is 9.99. The van der Waals surface area contributed by atoms with Crippen LogP contribution in [0.3, 0.4) is 0 Å². The number of piperidine rings is 1. The first-order chi connectivity index (χ1) is 13.8. The van der Waals surface area contributed by atoms with Crippen LogP contribution in [0.4, 0.5) is 13.2 Å². The molecule has 2 aliphatic rings. The molecule has 1 amide bonds. The first-order valence-corrected chi connectivity index (χ1v) is 14.3. The van der Waals surface area contributed by atoms with Gasteiger partial charge in [-0.25, -0.2) is 5.06 Å². The van der Waals surface area contributed by atoms with Crippen LogP contribution in [-0.4, -0.2) is 57.9 Å². The normalized spacial score (nSPS) is 28.3. The number of hydroxylamine groups is 2. The summed E-state index contributed by atoms with van der Waals surface area (Å²) in [6, 6.07) is 0. The Morgan fingerprint density at radius 2 is 1.71 bits per heavy atom. The molecule has 1 aliphatic heterocycles. The minimum absolute atomic E-state index is 0.0244. The highest BCUT2D eigenvalue weighted by atomic mass is 32.2. The van der Waals surface area contributed by atoms with E-state index in [0.29, 0.717) is 6.42 Å². The van der Waals surface area contributed by atoms with Gasteiger partial charge in [-0.15, -0.1) is 4.28 Å². The van der Waals surface area contributed by atoms with Crippen molar-refractivity contribution >= 4 is 30.3 Å². The van der Waals surface area contributed by atoms with E-state index >= 15 is 0 Å². The van der Waals surface area contributed by atoms with E-state index in [4.69, 9.17) is 9.16 Å². The van der Waals surface area contributed by atoms with Gasteiger partial charge in [0.15, 0.2) is 8.32 Å². The molecule has 1 saturated carbocycles. The van der Waals surface area contributed by atoms with Crippen molar-refractivity contribution in [3.63, 3.8) is 0 Å². The van der Waals surface area contributed by atoms with Crippen molar-refractivity contribution in [2.75, 3.05) is 6.54 Å². The van der Waals surface area contributed by atoms with E-state index in [1.165, 1.54) is 6.92 Å². The summed E-state index contributed by atoms with van der Waals surface area (Å²) in [5.74, 6) is -1.44. The monoisotopic (exact) mass is 489 g/mol. The molecule has 1 unspecified atom stereocenters. The lowest BCUT2D eigenvalue weighted by Gasteiger charge is -2.40. The van der Waals surface area contributed by atoms with Crippen molar-refractivity contribution in [2.45, 2.75) is 89.2 Å². The summed E-state index contributed by atoms with van der Waals surface area (Å²) in [4.78, 5) is 24.7. The third-order valence-electron chi connectivity index (χ3n) is 6.34. The maximum atomic E-state index is 13.1. The van der Waals surface area contributed by atoms with Gasteiger partial charge in [-0.2, -0.15) is 21.6 Å². The zero-order valence-electron chi connectivity index (χ0n) is 18.5. The summed E-state index contributed by atoms with van der Waals surface area (Å²) in [5, 5.41) is 0.0991. The highest BCUT2D eigenvalue weighted by molar-refractivity contribution is 7.87. The number of amides is 1. The van der Waals surface area contributed by atoms with Gasteiger partial charge in [0.2, 0.25) is 0 Å². The fourth-order valence-electron chi connectivity index (χ4n) is 3.76. The molecule has 0 aromatic carbocycles. The quantitative estimate of drug-likeness (QED) is 0.331. The number of hydrogen-bond acceptors (Lipinski definition) is 7. The lowest BCUT2D eigenvalue weighted by Crippen LogP contribution is -2.50. The fraction of sp³-hybridized carbons (Fsp3) is 0.889. The molecule has 1 saturated heterocycles. The van der Waals surface area contributed by atoms with E-state index in [2.05, 4.69) is 4.28 Å². The second kappa shape index (κ2) is 8.30. The summed E-state index contributed by atoms with van der Waals surface area (Å²) < 4.78 is 76.9. The first kappa shape index (κ1) is 26.1. The largest absolute Gasteiger partial charge is 0.525 e. The molecule has 31 heavy (non-hydrogen) atoms. The number of alkyl halides is 3. The SMILES string of the molecule is CC(=O)O[C@H]1CC2(CCCN(OS(=O)(=O)C(F)(F)F)C2=O)C[C@H]1O[Si](C)(C)C(C)(C)C. The average Bonchev–Trinajstić information content (AvgIpc) is 2.86. The topological polar surface area (TPSA) is 99.2 Å². The Kier molecular flexibility index (Phi) is 6.98. The Morgan fingerprint density at radius 1 is 1.16 bits per heavy atom. The van der Waals surface area contributed by atoms with Crippen LogP contribution in [0, 0.1) is 5.41 Å². The lowest BCUT2D eigenvalue weighted by molar-refractivity contribution is -0.180. The predicted octanol–water partition coefficient (Wildman–Crippen LogP) is 3.49. The zero-order chi connectivity index (χ0) is 24.0. The van der Waals surface area contributed by atoms with Gasteiger partial charge in [-0.05, 0) is 37.4 Å². The van der Waals surface area contributed by atoms with Crippen molar-refractivity contribution in [1.29, 1.82) is 0 Å². The maximum Gasteiger partial charge on any atom is 0.525 e. The summed E-state index contributed by atoms with van der Waals surface area (Å²) in [6.07, 6.45) is -0.743. The van der Waals surface area contributed by atoms with Gasteiger partial charge in [0.1, 0.15) is 6.10 Å². The van der Waals surface area contributed by atoms with E-state index in [1.54, 1.807) is 0 Å². The zero-order valence-corrected chi connectivity index (χ0v) is 20.4. The Hall–Kier alpha value is -1.18. The molecule has 3 atom stereocenters. The molecule has 1 heterocycles. The number of ether oxygens (including phenoxy) is 1. The minimum atomic E-state index is -5.98. The number of nitrogens with zero attached hydrogens (tertiary/aromatic N) is 1. The van der Waals surface area contributed by atoms with Gasteiger partial charge in [-0.3, -0.25) is 9.59 Å². The van der Waals surface area contributed by atoms with Crippen LogP contribution < -0.4 is 0 Å². The second-order valence-electron chi connectivity index (χ2n) is 9.74. The van der Waals surface area contributed by atoms with Crippen molar-refractivity contribution < 1.29 is 44.6 Å². The molecule has 180 valence electrons. The molecule has 0 bridgehead atoms. The summed E-state index contributed by atoms with van der Waals surface area (Å²) >= 11 is 0. The fourth-order valence-corrected chi connectivity index (χ4v) is 5.57. The second-order valence-corrected chi connectivity index (χ2v) is 16.0. The van der Waals surface area contributed by atoms with Crippen LogP contribution in [-0.2, 0) is 33.2 Å². The molecule has 1 spiro atoms. The predicted molar refractivity (Wildman–Crippen MR) is 106 cm³/mol. The number of carbonyl (C=O) groups excluding carboxylic acids is 2. The maximum absolute atomic E-state index is 13.1. The molecule has 0 N–H and O–H groups in total. The van der Waals surface area contributed by atoms with Gasteiger partial charge < -0.3 is 9.16 Å². The lowest BCUT2D eigenvalue weighted by atomic mass is 9.78. The van der Waals surface area contributed by atoms with Gasteiger partial charge in [0, 0.05) is 13.3 Å². The summed E-state index contributed by atoms with van der Waals surface area (Å²) in [5.41, 5.74) is -6.88. The van der Waals surface area contributed by atoms with Crippen molar-refractivity contribution in [2.24, 2.45) is 5.41 Å². The summed E-state index contributed by atoms with van der Waals surface area (Å²) in [7, 11) is -8.31. The van der Waals surface area contributed by atoms with Crippen LogP contribution in [0.25, 0.3) is 0 Å². The van der Waals surface area contributed by atoms with Crippen LogP contribution in [0.15, 0.2) is 0 Å². The molecule has 13 heteroatoms. The van der Waals surface area contributed by atoms with Crippen LogP contribution >= 0.6 is 0 Å². The Bertz CT molecular complexity index is 825. The minimum Gasteiger partial charge on any atom is -0.460 e. The molecule has 0 aromatic rings. The van der Waals surface area contributed by atoms with E-state index in [0.717, 1.165) is 0 Å². The molecule has 1 aliphatic carbocycles. The van der Waals surface area contributed by atoms with Crippen LogP contribution in [0.1, 0.15) is 53.4 Å². The molecule has 2 fully saturated rings. The number of halogens is 3. The standard InChI is InChI=1S/C18H30F3NO7SSi/c1-12(23)27-13-10-17(11-14(13)28-31(5,6)16(2,3)4)8-7-9-22(15(17)24)29-30(25,26)18(19,20)21/h13-14H,7-11H2,1-6H3/t13-,14+,17?/m0/s1. The molecule has 8 nitrogen and oxygen atoms in total.